The normalized spacial score (nSPS) is 12.2. The number of carbonyl (C=O) groups excluding carboxylic acids is 3. The molecule has 1 N–H and O–H groups in total. The van der Waals surface area contributed by atoms with E-state index in [0.717, 1.165) is 31.2 Å². The van der Waals surface area contributed by atoms with Crippen LogP contribution in [-0.2, 0) is 29.9 Å². The number of nitrogens with one attached hydrogen (secondary N) is 1. The summed E-state index contributed by atoms with van der Waals surface area (Å²) in [7, 11) is 1.25. The van der Waals surface area contributed by atoms with Crippen molar-refractivity contribution < 1.29 is 38.1 Å². The monoisotopic (exact) mass is 599 g/mol. The van der Waals surface area contributed by atoms with Gasteiger partial charge in [0.15, 0.2) is 12.7 Å². The third-order valence-electron chi connectivity index (χ3n) is 7.88. The van der Waals surface area contributed by atoms with Gasteiger partial charge in [-0.15, -0.1) is 0 Å². The Labute approximate surface area is 256 Å². The zero-order chi connectivity index (χ0) is 32.2. The molecule has 238 valence electrons. The lowest BCUT2D eigenvalue weighted by Crippen LogP contribution is -2.34. The first-order chi connectivity index (χ1) is 20.3. The molecule has 9 heteroatoms. The smallest absolute Gasteiger partial charge is 0.480 e. The second kappa shape index (κ2) is 16.2. The summed E-state index contributed by atoms with van der Waals surface area (Å²) in [5.74, 6) is 0.00620. The quantitative estimate of drug-likeness (QED) is 0.154. The Hall–Kier alpha value is -3.75. The van der Waals surface area contributed by atoms with Crippen molar-refractivity contribution in [2.45, 2.75) is 104 Å². The Morgan fingerprint density at radius 1 is 0.884 bits per heavy atom. The minimum Gasteiger partial charge on any atom is -0.480 e. The fourth-order valence-corrected chi connectivity index (χ4v) is 4.21. The van der Waals surface area contributed by atoms with Crippen molar-refractivity contribution in [3.63, 3.8) is 0 Å². The van der Waals surface area contributed by atoms with E-state index in [1.807, 2.05) is 6.07 Å². The molecule has 0 radical (unpaired) electrons. The van der Waals surface area contributed by atoms with Gasteiger partial charge in [0.2, 0.25) is 0 Å². The number of amides is 1. The van der Waals surface area contributed by atoms with Gasteiger partial charge in [0.25, 0.3) is 5.91 Å². The first-order valence-corrected chi connectivity index (χ1v) is 15.1. The van der Waals surface area contributed by atoms with E-state index in [1.54, 1.807) is 6.92 Å². The number of hydrogen-bond donors (Lipinski definition) is 1. The van der Waals surface area contributed by atoms with Crippen LogP contribution in [0.3, 0.4) is 0 Å². The van der Waals surface area contributed by atoms with Gasteiger partial charge in [-0.05, 0) is 67.2 Å². The van der Waals surface area contributed by atoms with E-state index in [-0.39, 0.29) is 41.2 Å². The lowest BCUT2D eigenvalue weighted by Gasteiger charge is -2.31. The van der Waals surface area contributed by atoms with Crippen LogP contribution in [0.4, 0.5) is 10.5 Å². The van der Waals surface area contributed by atoms with Gasteiger partial charge >= 0.3 is 12.1 Å². The number of hydrogen-bond acceptors (Lipinski definition) is 8. The van der Waals surface area contributed by atoms with Crippen molar-refractivity contribution in [1.82, 2.24) is 0 Å². The van der Waals surface area contributed by atoms with Gasteiger partial charge in [0.1, 0.15) is 17.2 Å². The molecule has 0 heterocycles. The predicted molar refractivity (Wildman–Crippen MR) is 167 cm³/mol. The van der Waals surface area contributed by atoms with E-state index in [9.17, 15) is 14.4 Å². The van der Waals surface area contributed by atoms with Gasteiger partial charge in [-0.2, -0.15) is 0 Å². The topological polar surface area (TPSA) is 109 Å². The molecule has 0 saturated heterocycles. The minimum absolute atomic E-state index is 0.00662. The summed E-state index contributed by atoms with van der Waals surface area (Å²) in [6.07, 6.45) is 2.30. The number of benzene rings is 2. The van der Waals surface area contributed by atoms with E-state index in [4.69, 9.17) is 18.9 Å². The van der Waals surface area contributed by atoms with Crippen molar-refractivity contribution in [2.75, 3.05) is 25.6 Å². The van der Waals surface area contributed by atoms with E-state index < -0.39 is 24.1 Å². The number of anilines is 1. The second-order valence-corrected chi connectivity index (χ2v) is 11.7. The summed E-state index contributed by atoms with van der Waals surface area (Å²) in [5.41, 5.74) is 2.28. The lowest BCUT2D eigenvalue weighted by atomic mass is 9.76. The fraction of sp³-hybridized carbons (Fsp3) is 0.559. The summed E-state index contributed by atoms with van der Waals surface area (Å²) >= 11 is 0. The van der Waals surface area contributed by atoms with Crippen LogP contribution >= 0.6 is 0 Å². The van der Waals surface area contributed by atoms with Gasteiger partial charge in [-0.25, -0.2) is 9.59 Å². The molecule has 0 spiro atoms. The number of methoxy groups -OCH3 is 1. The average Bonchev–Trinajstić information content (AvgIpc) is 2.98. The molecule has 9 nitrogen and oxygen atoms in total. The highest BCUT2D eigenvalue weighted by Crippen LogP contribution is 2.39. The van der Waals surface area contributed by atoms with Gasteiger partial charge in [-0.3, -0.25) is 4.79 Å². The van der Waals surface area contributed by atoms with Crippen LogP contribution in [0.5, 0.6) is 17.2 Å². The largest absolute Gasteiger partial charge is 0.513 e. The molecule has 0 aliphatic carbocycles. The van der Waals surface area contributed by atoms with Crippen LogP contribution in [0.1, 0.15) is 98.6 Å². The molecule has 2 aromatic carbocycles. The van der Waals surface area contributed by atoms with E-state index in [0.29, 0.717) is 12.2 Å². The summed E-state index contributed by atoms with van der Waals surface area (Å²) in [5, 5.41) is 2.87. The molecule has 43 heavy (non-hydrogen) atoms. The Bertz CT molecular complexity index is 1240. The number of esters is 1. The highest BCUT2D eigenvalue weighted by Gasteiger charge is 2.29. The van der Waals surface area contributed by atoms with Gasteiger partial charge < -0.3 is 29.0 Å². The van der Waals surface area contributed by atoms with Crippen LogP contribution < -0.4 is 19.5 Å². The van der Waals surface area contributed by atoms with Gasteiger partial charge in [-0.1, -0.05) is 67.0 Å². The Kier molecular flexibility index (Phi) is 13.3. The zero-order valence-corrected chi connectivity index (χ0v) is 27.3. The molecule has 0 aliphatic rings. The molecule has 2 rings (SSSR count). The summed E-state index contributed by atoms with van der Waals surface area (Å²) in [4.78, 5) is 37.4. The zero-order valence-electron chi connectivity index (χ0n) is 27.3. The SMILES string of the molecule is CCCCC(Oc1ccc(C(C)(C)CC)cc1C(C)(C)CC)C(=O)Nc1cc(OC(=O)OCC)ccc1OCC(=O)OC. The molecular formula is C34H49NO8. The van der Waals surface area contributed by atoms with E-state index >= 15 is 0 Å². The Balaban J connectivity index is 2.47. The fourth-order valence-electron chi connectivity index (χ4n) is 4.21. The number of ether oxygens (including phenoxy) is 5. The molecule has 0 bridgehead atoms. The molecule has 0 saturated carbocycles. The minimum atomic E-state index is -0.882. The van der Waals surface area contributed by atoms with Crippen molar-refractivity contribution >= 4 is 23.7 Å². The summed E-state index contributed by atoms with van der Waals surface area (Å²) < 4.78 is 26.9. The van der Waals surface area contributed by atoms with Crippen LogP contribution in [-0.4, -0.2) is 44.5 Å². The number of carbonyl (C=O) groups is 3. The molecule has 1 amide bonds. The maximum absolute atomic E-state index is 13.8. The second-order valence-electron chi connectivity index (χ2n) is 11.7. The van der Waals surface area contributed by atoms with E-state index in [1.165, 1.54) is 30.9 Å². The van der Waals surface area contributed by atoms with Crippen molar-refractivity contribution in [3.8, 4) is 17.2 Å². The third kappa shape index (κ3) is 10.2. The molecule has 0 aromatic heterocycles. The predicted octanol–water partition coefficient (Wildman–Crippen LogP) is 7.73. The third-order valence-corrected chi connectivity index (χ3v) is 7.88. The van der Waals surface area contributed by atoms with Crippen molar-refractivity contribution in [1.29, 1.82) is 0 Å². The maximum Gasteiger partial charge on any atom is 0.513 e. The van der Waals surface area contributed by atoms with Gasteiger partial charge in [0.05, 0.1) is 19.4 Å². The maximum atomic E-state index is 13.8. The summed E-state index contributed by atoms with van der Waals surface area (Å²) in [6, 6.07) is 10.7. The molecular weight excluding hydrogens is 550 g/mol. The van der Waals surface area contributed by atoms with E-state index in [2.05, 4.69) is 70.7 Å². The molecule has 2 aromatic rings. The van der Waals surface area contributed by atoms with Crippen LogP contribution in [0.15, 0.2) is 36.4 Å². The molecule has 1 atom stereocenters. The standard InChI is InChI=1S/C34H49NO8/c1-10-14-15-29(43-27-18-16-23(33(5,6)11-2)20-25(27)34(7,8)12-3)31(37)35-26-21-24(42-32(38)40-13-4)17-19-28(26)41-22-30(36)39-9/h16-21,29H,10-15,22H2,1-9H3,(H,35,37). The molecule has 0 fully saturated rings. The highest BCUT2D eigenvalue weighted by atomic mass is 16.7. The van der Waals surface area contributed by atoms with Crippen molar-refractivity contribution in [2.24, 2.45) is 0 Å². The van der Waals surface area contributed by atoms with Crippen LogP contribution in [0.25, 0.3) is 0 Å². The van der Waals surface area contributed by atoms with Crippen LogP contribution in [0.2, 0.25) is 0 Å². The average molecular weight is 600 g/mol. The Morgan fingerprint density at radius 3 is 2.16 bits per heavy atom. The first kappa shape index (κ1) is 35.4. The number of rotatable bonds is 16. The molecule has 1 unspecified atom stereocenters. The lowest BCUT2D eigenvalue weighted by molar-refractivity contribution is -0.142. The van der Waals surface area contributed by atoms with Crippen molar-refractivity contribution in [3.05, 3.63) is 47.5 Å². The first-order valence-electron chi connectivity index (χ1n) is 15.1. The van der Waals surface area contributed by atoms with Gasteiger partial charge in [0, 0.05) is 11.6 Å². The Morgan fingerprint density at radius 2 is 1.56 bits per heavy atom. The molecule has 0 aliphatic heterocycles. The summed E-state index contributed by atoms with van der Waals surface area (Å²) in [6.45, 7) is 16.6. The highest BCUT2D eigenvalue weighted by molar-refractivity contribution is 5.96. The number of unbranched alkanes of at least 4 members (excludes halogenated alkanes) is 1. The van der Waals surface area contributed by atoms with Crippen LogP contribution in [0, 0.1) is 0 Å².